The van der Waals surface area contributed by atoms with Crippen molar-refractivity contribution in [2.45, 2.75) is 51.6 Å². The van der Waals surface area contributed by atoms with Gasteiger partial charge in [-0.2, -0.15) is 0 Å². The van der Waals surface area contributed by atoms with Crippen molar-refractivity contribution in [3.63, 3.8) is 0 Å². The standard InChI is InChI=1S/C22H31N5O5/c1-15-5-3-9-23-20(15)25-11-13-26(14-12-25)22(32)17(7-8-19(29)30)24-21(31)18-6-4-10-27(18)16(2)28/h3,5,9,17-18H,4,6-8,10-14H2,1-2H3,(H,24,31)(H,29,30)/t17?,18-/m0/s1. The zero-order valence-electron chi connectivity index (χ0n) is 18.6. The molecule has 2 N–H and O–H groups in total. The molecule has 174 valence electrons. The van der Waals surface area contributed by atoms with Crippen molar-refractivity contribution in [2.24, 2.45) is 0 Å². The van der Waals surface area contributed by atoms with Gasteiger partial charge in [-0.1, -0.05) is 6.07 Å². The summed E-state index contributed by atoms with van der Waals surface area (Å²) >= 11 is 0. The summed E-state index contributed by atoms with van der Waals surface area (Å²) in [7, 11) is 0. The van der Waals surface area contributed by atoms with E-state index in [4.69, 9.17) is 5.11 Å². The van der Waals surface area contributed by atoms with Gasteiger partial charge in [0.1, 0.15) is 17.9 Å². The van der Waals surface area contributed by atoms with E-state index in [1.807, 2.05) is 19.1 Å². The van der Waals surface area contributed by atoms with Crippen molar-refractivity contribution >= 4 is 29.5 Å². The number of aromatic nitrogens is 1. The highest BCUT2D eigenvalue weighted by Crippen LogP contribution is 2.20. The van der Waals surface area contributed by atoms with Crippen LogP contribution >= 0.6 is 0 Å². The zero-order valence-corrected chi connectivity index (χ0v) is 18.6. The molecule has 3 heterocycles. The molecule has 0 saturated carbocycles. The van der Waals surface area contributed by atoms with Crippen LogP contribution in [0.15, 0.2) is 18.3 Å². The lowest BCUT2D eigenvalue weighted by atomic mass is 10.1. The summed E-state index contributed by atoms with van der Waals surface area (Å²) in [5, 5.41) is 11.8. The highest BCUT2D eigenvalue weighted by Gasteiger charge is 2.36. The Morgan fingerprint density at radius 1 is 1.19 bits per heavy atom. The number of carboxylic acid groups (broad SMARTS) is 1. The molecule has 3 rings (SSSR count). The van der Waals surface area contributed by atoms with Crippen LogP contribution in [0.1, 0.15) is 38.2 Å². The van der Waals surface area contributed by atoms with E-state index in [9.17, 15) is 19.2 Å². The topological polar surface area (TPSA) is 123 Å². The number of carbonyl (C=O) groups excluding carboxylic acids is 3. The minimum atomic E-state index is -1.03. The molecular weight excluding hydrogens is 414 g/mol. The van der Waals surface area contributed by atoms with Gasteiger partial charge in [0.15, 0.2) is 0 Å². The Bertz CT molecular complexity index is 868. The Morgan fingerprint density at radius 2 is 1.91 bits per heavy atom. The Balaban J connectivity index is 1.64. The fourth-order valence-corrected chi connectivity index (χ4v) is 4.38. The fourth-order valence-electron chi connectivity index (χ4n) is 4.38. The van der Waals surface area contributed by atoms with E-state index in [1.165, 1.54) is 11.8 Å². The molecule has 32 heavy (non-hydrogen) atoms. The first-order valence-corrected chi connectivity index (χ1v) is 11.0. The summed E-state index contributed by atoms with van der Waals surface area (Å²) in [6.07, 6.45) is 2.77. The number of anilines is 1. The molecule has 1 unspecified atom stereocenters. The van der Waals surface area contributed by atoms with Crippen LogP contribution in [0.25, 0.3) is 0 Å². The summed E-state index contributed by atoms with van der Waals surface area (Å²) in [6.45, 7) is 6.03. The predicted octanol–water partition coefficient (Wildman–Crippen LogP) is 0.399. The number of pyridine rings is 1. The Morgan fingerprint density at radius 3 is 2.53 bits per heavy atom. The number of carboxylic acids is 1. The van der Waals surface area contributed by atoms with Crippen LogP contribution < -0.4 is 10.2 Å². The Labute approximate surface area is 187 Å². The Kier molecular flexibility index (Phi) is 7.66. The van der Waals surface area contributed by atoms with Gasteiger partial charge in [-0.3, -0.25) is 19.2 Å². The second-order valence-electron chi connectivity index (χ2n) is 8.32. The van der Waals surface area contributed by atoms with Gasteiger partial charge in [0, 0.05) is 52.3 Å². The average Bonchev–Trinajstić information content (AvgIpc) is 3.27. The van der Waals surface area contributed by atoms with Gasteiger partial charge in [-0.05, 0) is 37.8 Å². The molecule has 1 aromatic rings. The molecule has 1 aromatic heterocycles. The van der Waals surface area contributed by atoms with Crippen LogP contribution in [-0.2, 0) is 19.2 Å². The number of carbonyl (C=O) groups is 4. The number of amides is 3. The highest BCUT2D eigenvalue weighted by atomic mass is 16.4. The van der Waals surface area contributed by atoms with E-state index >= 15 is 0 Å². The minimum Gasteiger partial charge on any atom is -0.481 e. The van der Waals surface area contributed by atoms with E-state index in [1.54, 1.807) is 11.1 Å². The number of likely N-dealkylation sites (tertiary alicyclic amines) is 1. The number of rotatable bonds is 7. The summed E-state index contributed by atoms with van der Waals surface area (Å²) < 4.78 is 0. The summed E-state index contributed by atoms with van der Waals surface area (Å²) in [5.41, 5.74) is 1.06. The van der Waals surface area contributed by atoms with E-state index in [-0.39, 0.29) is 24.7 Å². The van der Waals surface area contributed by atoms with Gasteiger partial charge in [0.05, 0.1) is 0 Å². The van der Waals surface area contributed by atoms with Gasteiger partial charge < -0.3 is 25.1 Å². The quantitative estimate of drug-likeness (QED) is 0.623. The maximum absolute atomic E-state index is 13.2. The molecule has 2 aliphatic heterocycles. The highest BCUT2D eigenvalue weighted by molar-refractivity contribution is 5.92. The van der Waals surface area contributed by atoms with Crippen molar-refractivity contribution < 1.29 is 24.3 Å². The number of aryl methyl sites for hydroxylation is 1. The molecule has 0 aromatic carbocycles. The third kappa shape index (κ3) is 5.54. The van der Waals surface area contributed by atoms with Gasteiger partial charge >= 0.3 is 5.97 Å². The van der Waals surface area contributed by atoms with Gasteiger partial charge in [-0.15, -0.1) is 0 Å². The van der Waals surface area contributed by atoms with E-state index < -0.39 is 24.0 Å². The number of aliphatic carboxylic acids is 1. The third-order valence-corrected chi connectivity index (χ3v) is 6.09. The number of nitrogens with one attached hydrogen (secondary N) is 1. The van der Waals surface area contributed by atoms with Crippen LogP contribution in [-0.4, -0.2) is 88.4 Å². The molecule has 0 spiro atoms. The molecule has 0 bridgehead atoms. The monoisotopic (exact) mass is 445 g/mol. The molecule has 0 radical (unpaired) electrons. The molecule has 2 fully saturated rings. The SMILES string of the molecule is CC(=O)N1CCC[C@H]1C(=O)NC(CCC(=O)O)C(=O)N1CCN(c2ncccc2C)CC1. The van der Waals surface area contributed by atoms with Crippen LogP contribution in [0.4, 0.5) is 5.82 Å². The van der Waals surface area contributed by atoms with Gasteiger partial charge in [0.25, 0.3) is 0 Å². The van der Waals surface area contributed by atoms with Crippen molar-refractivity contribution in [3.05, 3.63) is 23.9 Å². The lowest BCUT2D eigenvalue weighted by Crippen LogP contribution is -2.57. The molecular formula is C22H31N5O5. The predicted molar refractivity (Wildman–Crippen MR) is 117 cm³/mol. The Hall–Kier alpha value is -3.17. The third-order valence-electron chi connectivity index (χ3n) is 6.09. The number of nitrogens with zero attached hydrogens (tertiary/aromatic N) is 4. The fraction of sp³-hybridized carbons (Fsp3) is 0.591. The lowest BCUT2D eigenvalue weighted by Gasteiger charge is -2.37. The average molecular weight is 446 g/mol. The number of piperazine rings is 1. The summed E-state index contributed by atoms with van der Waals surface area (Å²) in [6, 6.07) is 2.32. The van der Waals surface area contributed by atoms with Crippen molar-refractivity contribution in [3.8, 4) is 0 Å². The molecule has 10 heteroatoms. The van der Waals surface area contributed by atoms with Crippen LogP contribution in [0.2, 0.25) is 0 Å². The number of hydrogen-bond donors (Lipinski definition) is 2. The van der Waals surface area contributed by atoms with E-state index in [2.05, 4.69) is 15.2 Å². The summed E-state index contributed by atoms with van der Waals surface area (Å²) in [4.78, 5) is 58.7. The first kappa shape index (κ1) is 23.5. The minimum absolute atomic E-state index is 0.00621. The lowest BCUT2D eigenvalue weighted by molar-refractivity contribution is -0.141. The second kappa shape index (κ2) is 10.4. The van der Waals surface area contributed by atoms with E-state index in [0.717, 1.165) is 17.8 Å². The van der Waals surface area contributed by atoms with E-state index in [0.29, 0.717) is 39.1 Å². The van der Waals surface area contributed by atoms with Gasteiger partial charge in [-0.25, -0.2) is 4.98 Å². The smallest absolute Gasteiger partial charge is 0.303 e. The molecule has 2 saturated heterocycles. The molecule has 2 aliphatic rings. The first-order chi connectivity index (χ1) is 15.3. The van der Waals surface area contributed by atoms with Crippen molar-refractivity contribution in [2.75, 3.05) is 37.6 Å². The maximum atomic E-state index is 13.2. The second-order valence-corrected chi connectivity index (χ2v) is 8.32. The van der Waals surface area contributed by atoms with Crippen molar-refractivity contribution in [1.82, 2.24) is 20.1 Å². The van der Waals surface area contributed by atoms with Crippen LogP contribution in [0.5, 0.6) is 0 Å². The van der Waals surface area contributed by atoms with Gasteiger partial charge in [0.2, 0.25) is 17.7 Å². The zero-order chi connectivity index (χ0) is 23.3. The largest absolute Gasteiger partial charge is 0.481 e. The molecule has 3 amide bonds. The molecule has 0 aliphatic carbocycles. The molecule has 10 nitrogen and oxygen atoms in total. The maximum Gasteiger partial charge on any atom is 0.303 e. The first-order valence-electron chi connectivity index (χ1n) is 11.0. The van der Waals surface area contributed by atoms with Crippen LogP contribution in [0, 0.1) is 6.92 Å². The van der Waals surface area contributed by atoms with Crippen LogP contribution in [0.3, 0.4) is 0 Å². The summed E-state index contributed by atoms with van der Waals surface area (Å²) in [5.74, 6) is -1.01. The molecule has 2 atom stereocenters. The van der Waals surface area contributed by atoms with Crippen molar-refractivity contribution in [1.29, 1.82) is 0 Å². The number of hydrogen-bond acceptors (Lipinski definition) is 6. The normalized spacial score (nSPS) is 19.6.